The number of nitrogens with one attached hydrogen (secondary N) is 1. The van der Waals surface area contributed by atoms with Crippen molar-refractivity contribution in [2.75, 3.05) is 17.1 Å². The quantitative estimate of drug-likeness (QED) is 0.310. The third kappa shape index (κ3) is 8.71. The lowest BCUT2D eigenvalue weighted by Gasteiger charge is -2.34. The summed E-state index contributed by atoms with van der Waals surface area (Å²) < 4.78 is 26.6. The molecule has 0 bridgehead atoms. The maximum Gasteiger partial charge on any atom is 0.244 e. The Balaban J connectivity index is 2.06. The molecule has 0 aliphatic carbocycles. The second-order valence-electron chi connectivity index (χ2n) is 9.39. The van der Waals surface area contributed by atoms with Gasteiger partial charge in [-0.15, -0.1) is 0 Å². The second kappa shape index (κ2) is 13.8. The van der Waals surface area contributed by atoms with E-state index >= 15 is 0 Å². The average molecular weight is 591 g/mol. The summed E-state index contributed by atoms with van der Waals surface area (Å²) in [4.78, 5) is 29.1. The van der Waals surface area contributed by atoms with Crippen molar-refractivity contribution < 1.29 is 18.0 Å². The lowest BCUT2D eigenvalue weighted by atomic mass is 10.0. The number of amides is 2. The molecular weight excluding hydrogens is 557 g/mol. The standard InChI is InChI=1S/C29H33Cl2N3O4S/c1-4-21(2)32-29(36)27(18-22-10-6-5-7-11-22)33(19-23-14-16-24(30)17-15-23)28(35)20-34(39(3,37)38)26-13-9-8-12-25(26)31/h5-17,21,27H,4,18-20H2,1-3H3,(H,32,36)/t21-,27-/m0/s1. The Morgan fingerprint density at radius 3 is 2.10 bits per heavy atom. The molecule has 1 N–H and O–H groups in total. The zero-order valence-corrected chi connectivity index (χ0v) is 24.5. The molecule has 0 fully saturated rings. The summed E-state index contributed by atoms with van der Waals surface area (Å²) in [5.74, 6) is -0.866. The van der Waals surface area contributed by atoms with Crippen molar-refractivity contribution in [3.63, 3.8) is 0 Å². The van der Waals surface area contributed by atoms with Gasteiger partial charge in [0, 0.05) is 24.0 Å². The van der Waals surface area contributed by atoms with Crippen molar-refractivity contribution >= 4 is 50.7 Å². The zero-order valence-electron chi connectivity index (χ0n) is 22.2. The van der Waals surface area contributed by atoms with Gasteiger partial charge in [0.15, 0.2) is 0 Å². The van der Waals surface area contributed by atoms with Crippen LogP contribution in [0.4, 0.5) is 5.69 Å². The van der Waals surface area contributed by atoms with E-state index in [2.05, 4.69) is 5.32 Å². The maximum absolute atomic E-state index is 14.0. The van der Waals surface area contributed by atoms with Crippen LogP contribution in [0.2, 0.25) is 10.0 Å². The number of rotatable bonds is 12. The molecule has 3 aromatic carbocycles. The number of hydrogen-bond donors (Lipinski definition) is 1. The molecule has 0 aromatic heterocycles. The first-order valence-corrected chi connectivity index (χ1v) is 15.2. The molecule has 0 aliphatic heterocycles. The predicted octanol–water partition coefficient (Wildman–Crippen LogP) is 5.31. The van der Waals surface area contributed by atoms with Crippen molar-refractivity contribution in [3.05, 3.63) is 100 Å². The van der Waals surface area contributed by atoms with Gasteiger partial charge in [-0.1, -0.05) is 84.7 Å². The molecule has 0 saturated heterocycles. The molecule has 3 rings (SSSR count). The molecular formula is C29H33Cl2N3O4S. The van der Waals surface area contributed by atoms with Crippen LogP contribution < -0.4 is 9.62 Å². The SMILES string of the molecule is CC[C@H](C)NC(=O)[C@H](Cc1ccccc1)N(Cc1ccc(Cl)cc1)C(=O)CN(c1ccccc1Cl)S(C)(=O)=O. The monoisotopic (exact) mass is 589 g/mol. The van der Waals surface area contributed by atoms with Gasteiger partial charge >= 0.3 is 0 Å². The molecule has 10 heteroatoms. The second-order valence-corrected chi connectivity index (χ2v) is 12.1. The molecule has 208 valence electrons. The Morgan fingerprint density at radius 2 is 1.51 bits per heavy atom. The van der Waals surface area contributed by atoms with Crippen molar-refractivity contribution in [1.29, 1.82) is 0 Å². The van der Waals surface area contributed by atoms with Crippen LogP contribution in [0.5, 0.6) is 0 Å². The minimum Gasteiger partial charge on any atom is -0.352 e. The first-order valence-electron chi connectivity index (χ1n) is 12.6. The van der Waals surface area contributed by atoms with Crippen LogP contribution in [0, 0.1) is 0 Å². The first kappa shape index (κ1) is 30.5. The third-order valence-corrected chi connectivity index (χ3v) is 8.04. The number of carbonyl (C=O) groups is 2. The molecule has 7 nitrogen and oxygen atoms in total. The van der Waals surface area contributed by atoms with E-state index in [0.29, 0.717) is 11.4 Å². The minimum absolute atomic E-state index is 0.0710. The zero-order chi connectivity index (χ0) is 28.6. The van der Waals surface area contributed by atoms with E-state index < -0.39 is 28.5 Å². The number of anilines is 1. The Bertz CT molecular complexity index is 1370. The van der Waals surface area contributed by atoms with Crippen LogP contribution in [0.1, 0.15) is 31.4 Å². The fourth-order valence-electron chi connectivity index (χ4n) is 4.03. The molecule has 2 amide bonds. The summed E-state index contributed by atoms with van der Waals surface area (Å²) >= 11 is 12.4. The van der Waals surface area contributed by atoms with E-state index in [9.17, 15) is 18.0 Å². The fourth-order valence-corrected chi connectivity index (χ4v) is 5.31. The first-order chi connectivity index (χ1) is 18.5. The third-order valence-electron chi connectivity index (χ3n) is 6.34. The molecule has 0 unspecified atom stereocenters. The summed E-state index contributed by atoms with van der Waals surface area (Å²) in [5, 5.41) is 3.72. The number of para-hydroxylation sites is 1. The highest BCUT2D eigenvalue weighted by atomic mass is 35.5. The smallest absolute Gasteiger partial charge is 0.244 e. The summed E-state index contributed by atoms with van der Waals surface area (Å²) in [6.07, 6.45) is 1.97. The lowest BCUT2D eigenvalue weighted by Crippen LogP contribution is -2.54. The number of halogens is 2. The van der Waals surface area contributed by atoms with Crippen LogP contribution in [0.25, 0.3) is 0 Å². The van der Waals surface area contributed by atoms with Gasteiger partial charge in [0.25, 0.3) is 0 Å². The van der Waals surface area contributed by atoms with Gasteiger partial charge < -0.3 is 10.2 Å². The summed E-state index contributed by atoms with van der Waals surface area (Å²) in [6.45, 7) is 3.40. The van der Waals surface area contributed by atoms with Gasteiger partial charge in [-0.3, -0.25) is 13.9 Å². The fraction of sp³-hybridized carbons (Fsp3) is 0.310. The van der Waals surface area contributed by atoms with Gasteiger partial charge in [0.1, 0.15) is 12.6 Å². The van der Waals surface area contributed by atoms with Crippen LogP contribution >= 0.6 is 23.2 Å². The summed E-state index contributed by atoms with van der Waals surface area (Å²) in [5.41, 5.74) is 1.79. The number of carbonyl (C=O) groups excluding carboxylic acids is 2. The molecule has 0 aliphatic rings. The Hall–Kier alpha value is -3.07. The van der Waals surface area contributed by atoms with E-state index in [1.54, 1.807) is 42.5 Å². The Labute approximate surface area is 240 Å². The van der Waals surface area contributed by atoms with Crippen LogP contribution in [0.3, 0.4) is 0 Å². The molecule has 39 heavy (non-hydrogen) atoms. The Morgan fingerprint density at radius 1 is 0.897 bits per heavy atom. The molecule has 0 saturated carbocycles. The van der Waals surface area contributed by atoms with E-state index in [1.807, 2.05) is 44.2 Å². The van der Waals surface area contributed by atoms with E-state index in [-0.39, 0.29) is 35.6 Å². The summed E-state index contributed by atoms with van der Waals surface area (Å²) in [7, 11) is -3.89. The topological polar surface area (TPSA) is 86.8 Å². The number of sulfonamides is 1. The summed E-state index contributed by atoms with van der Waals surface area (Å²) in [6, 6.07) is 21.8. The number of nitrogens with zero attached hydrogens (tertiary/aromatic N) is 2. The van der Waals surface area contributed by atoms with Crippen LogP contribution in [0.15, 0.2) is 78.9 Å². The van der Waals surface area contributed by atoms with E-state index in [0.717, 1.165) is 21.7 Å². The molecule has 0 radical (unpaired) electrons. The van der Waals surface area contributed by atoms with Gasteiger partial charge in [-0.2, -0.15) is 0 Å². The van der Waals surface area contributed by atoms with Gasteiger partial charge in [-0.25, -0.2) is 8.42 Å². The number of benzene rings is 3. The van der Waals surface area contributed by atoms with Crippen molar-refractivity contribution in [2.45, 2.75) is 45.3 Å². The normalized spacial score (nSPS) is 12.8. The average Bonchev–Trinajstić information content (AvgIpc) is 2.90. The van der Waals surface area contributed by atoms with Crippen molar-refractivity contribution in [2.24, 2.45) is 0 Å². The maximum atomic E-state index is 14.0. The molecule has 2 atom stereocenters. The van der Waals surface area contributed by atoms with Crippen LogP contribution in [-0.4, -0.2) is 50.0 Å². The minimum atomic E-state index is -3.89. The largest absolute Gasteiger partial charge is 0.352 e. The van der Waals surface area contributed by atoms with Gasteiger partial charge in [0.2, 0.25) is 21.8 Å². The lowest BCUT2D eigenvalue weighted by molar-refractivity contribution is -0.140. The van der Waals surface area contributed by atoms with E-state index in [1.165, 1.54) is 11.0 Å². The van der Waals surface area contributed by atoms with Gasteiger partial charge in [0.05, 0.1) is 17.0 Å². The number of hydrogen-bond acceptors (Lipinski definition) is 4. The predicted molar refractivity (Wildman–Crippen MR) is 157 cm³/mol. The molecule has 3 aromatic rings. The molecule has 0 spiro atoms. The van der Waals surface area contributed by atoms with Crippen molar-refractivity contribution in [3.8, 4) is 0 Å². The molecule has 0 heterocycles. The van der Waals surface area contributed by atoms with Gasteiger partial charge in [-0.05, 0) is 48.7 Å². The highest BCUT2D eigenvalue weighted by molar-refractivity contribution is 7.92. The Kier molecular flexibility index (Phi) is 10.8. The van der Waals surface area contributed by atoms with E-state index in [4.69, 9.17) is 23.2 Å². The van der Waals surface area contributed by atoms with Crippen LogP contribution in [-0.2, 0) is 32.6 Å². The van der Waals surface area contributed by atoms with Crippen molar-refractivity contribution in [1.82, 2.24) is 10.2 Å². The highest BCUT2D eigenvalue weighted by Gasteiger charge is 2.33. The highest BCUT2D eigenvalue weighted by Crippen LogP contribution is 2.28.